The molecule has 0 saturated carbocycles. The minimum absolute atomic E-state index is 0.964. The van der Waals surface area contributed by atoms with Crippen molar-refractivity contribution >= 4 is 24.0 Å². The molecule has 0 N–H and O–H groups in total. The number of hydrogen-bond donors (Lipinski definition) is 1. The molecular weight excluding hydrogens is 172 g/mol. The van der Waals surface area contributed by atoms with Crippen LogP contribution in [0.15, 0.2) is 12.1 Å². The third kappa shape index (κ3) is 2.88. The van der Waals surface area contributed by atoms with Crippen molar-refractivity contribution in [3.8, 4) is 0 Å². The second kappa shape index (κ2) is 4.83. The molecule has 0 atom stereocenters. The second-order valence-electron chi connectivity index (χ2n) is 2.59. The molecule has 0 bridgehead atoms. The summed E-state index contributed by atoms with van der Waals surface area (Å²) in [6.45, 7) is 2.22. The zero-order chi connectivity index (χ0) is 8.10. The fourth-order valence-corrected chi connectivity index (χ4v) is 2.56. The average molecular weight is 186 g/mol. The normalized spacial score (nSPS) is 10.4. The average Bonchev–Trinajstić information content (AvgIpc) is 2.38. The van der Waals surface area contributed by atoms with Crippen LogP contribution in [-0.4, -0.2) is 5.75 Å². The Morgan fingerprint density at radius 1 is 1.27 bits per heavy atom. The van der Waals surface area contributed by atoms with Crippen LogP contribution in [0.1, 0.15) is 23.1 Å². The number of thiophene rings is 1. The van der Waals surface area contributed by atoms with Crippen molar-refractivity contribution in [3.63, 3.8) is 0 Å². The molecule has 0 amide bonds. The van der Waals surface area contributed by atoms with Gasteiger partial charge in [0.25, 0.3) is 0 Å². The molecule has 62 valence electrons. The lowest BCUT2D eigenvalue weighted by atomic mass is 10.3. The van der Waals surface area contributed by atoms with Crippen molar-refractivity contribution in [1.82, 2.24) is 0 Å². The standard InChI is InChI=1S/C9H14S2/c1-2-3-8-4-5-9(11-8)6-7-10/h4-5,10H,2-3,6-7H2,1H3. The van der Waals surface area contributed by atoms with Crippen molar-refractivity contribution < 1.29 is 0 Å². The van der Waals surface area contributed by atoms with Gasteiger partial charge in [-0.05, 0) is 30.7 Å². The molecule has 0 aliphatic carbocycles. The van der Waals surface area contributed by atoms with E-state index in [1.54, 1.807) is 0 Å². The maximum Gasteiger partial charge on any atom is 0.00562 e. The van der Waals surface area contributed by atoms with Gasteiger partial charge in [0.2, 0.25) is 0 Å². The molecule has 0 unspecified atom stereocenters. The van der Waals surface area contributed by atoms with Gasteiger partial charge in [0.1, 0.15) is 0 Å². The third-order valence-corrected chi connectivity index (χ3v) is 3.00. The Morgan fingerprint density at radius 3 is 2.45 bits per heavy atom. The lowest BCUT2D eigenvalue weighted by Crippen LogP contribution is -1.77. The summed E-state index contributed by atoms with van der Waals surface area (Å²) in [5, 5.41) is 0. The van der Waals surface area contributed by atoms with Gasteiger partial charge in [-0.15, -0.1) is 11.3 Å². The van der Waals surface area contributed by atoms with Gasteiger partial charge in [-0.25, -0.2) is 0 Å². The fraction of sp³-hybridized carbons (Fsp3) is 0.556. The van der Waals surface area contributed by atoms with E-state index in [-0.39, 0.29) is 0 Å². The monoisotopic (exact) mass is 186 g/mol. The van der Waals surface area contributed by atoms with Crippen LogP contribution < -0.4 is 0 Å². The van der Waals surface area contributed by atoms with E-state index in [0.717, 1.165) is 12.2 Å². The van der Waals surface area contributed by atoms with Crippen LogP contribution >= 0.6 is 24.0 Å². The Labute approximate surface area is 78.1 Å². The van der Waals surface area contributed by atoms with Crippen LogP contribution in [0, 0.1) is 0 Å². The molecule has 1 heterocycles. The highest BCUT2D eigenvalue weighted by Gasteiger charge is 1.97. The lowest BCUT2D eigenvalue weighted by molar-refractivity contribution is 0.940. The summed E-state index contributed by atoms with van der Waals surface area (Å²) in [5.74, 6) is 0.964. The highest BCUT2D eigenvalue weighted by Crippen LogP contribution is 2.18. The SMILES string of the molecule is CCCc1ccc(CCS)s1. The first-order valence-electron chi connectivity index (χ1n) is 4.05. The molecule has 0 aliphatic heterocycles. The summed E-state index contributed by atoms with van der Waals surface area (Å²) < 4.78 is 0. The van der Waals surface area contributed by atoms with Gasteiger partial charge in [-0.2, -0.15) is 12.6 Å². The van der Waals surface area contributed by atoms with Crippen LogP contribution in [0.25, 0.3) is 0 Å². The molecule has 0 radical (unpaired) electrons. The first-order chi connectivity index (χ1) is 5.36. The maximum absolute atomic E-state index is 4.20. The van der Waals surface area contributed by atoms with Crippen molar-refractivity contribution in [2.24, 2.45) is 0 Å². The molecule has 1 aromatic rings. The van der Waals surface area contributed by atoms with Gasteiger partial charge in [0.15, 0.2) is 0 Å². The van der Waals surface area contributed by atoms with Gasteiger partial charge in [-0.1, -0.05) is 13.3 Å². The molecule has 0 aromatic carbocycles. The molecular formula is C9H14S2. The molecule has 0 saturated heterocycles. The number of rotatable bonds is 4. The zero-order valence-corrected chi connectivity index (χ0v) is 8.55. The minimum atomic E-state index is 0.964. The largest absolute Gasteiger partial charge is 0.179 e. The van der Waals surface area contributed by atoms with Crippen molar-refractivity contribution in [2.75, 3.05) is 5.75 Å². The van der Waals surface area contributed by atoms with E-state index in [0.29, 0.717) is 0 Å². The Balaban J connectivity index is 2.51. The van der Waals surface area contributed by atoms with Crippen LogP contribution in [-0.2, 0) is 12.8 Å². The smallest absolute Gasteiger partial charge is 0.00562 e. The van der Waals surface area contributed by atoms with E-state index >= 15 is 0 Å². The lowest BCUT2D eigenvalue weighted by Gasteiger charge is -1.90. The number of thiol groups is 1. The van der Waals surface area contributed by atoms with E-state index in [4.69, 9.17) is 0 Å². The van der Waals surface area contributed by atoms with E-state index < -0.39 is 0 Å². The molecule has 1 aromatic heterocycles. The van der Waals surface area contributed by atoms with E-state index in [1.807, 2.05) is 11.3 Å². The maximum atomic E-state index is 4.20. The first-order valence-corrected chi connectivity index (χ1v) is 5.50. The predicted octanol–water partition coefficient (Wildman–Crippen LogP) is 3.17. The van der Waals surface area contributed by atoms with Crippen LogP contribution in [0.3, 0.4) is 0 Å². The summed E-state index contributed by atoms with van der Waals surface area (Å²) in [4.78, 5) is 2.99. The highest BCUT2D eigenvalue weighted by atomic mass is 32.1. The summed E-state index contributed by atoms with van der Waals surface area (Å²) in [6.07, 6.45) is 3.61. The minimum Gasteiger partial charge on any atom is -0.179 e. The van der Waals surface area contributed by atoms with Crippen LogP contribution in [0.2, 0.25) is 0 Å². The van der Waals surface area contributed by atoms with Crippen LogP contribution in [0.4, 0.5) is 0 Å². The van der Waals surface area contributed by atoms with Gasteiger partial charge < -0.3 is 0 Å². The quantitative estimate of drug-likeness (QED) is 0.686. The second-order valence-corrected chi connectivity index (χ2v) is 4.29. The summed E-state index contributed by atoms with van der Waals surface area (Å²) in [7, 11) is 0. The van der Waals surface area contributed by atoms with E-state index in [9.17, 15) is 0 Å². The highest BCUT2D eigenvalue weighted by molar-refractivity contribution is 7.80. The molecule has 11 heavy (non-hydrogen) atoms. The summed E-state index contributed by atoms with van der Waals surface area (Å²) in [6, 6.07) is 4.47. The fourth-order valence-electron chi connectivity index (χ4n) is 1.05. The zero-order valence-electron chi connectivity index (χ0n) is 6.84. The molecule has 0 nitrogen and oxygen atoms in total. The van der Waals surface area contributed by atoms with Gasteiger partial charge in [0.05, 0.1) is 0 Å². The van der Waals surface area contributed by atoms with E-state index in [1.165, 1.54) is 22.6 Å². The Bertz CT molecular complexity index is 183. The first kappa shape index (κ1) is 9.14. The van der Waals surface area contributed by atoms with Gasteiger partial charge in [0, 0.05) is 9.75 Å². The van der Waals surface area contributed by atoms with Crippen LogP contribution in [0.5, 0.6) is 0 Å². The number of aryl methyl sites for hydroxylation is 2. The summed E-state index contributed by atoms with van der Waals surface area (Å²) in [5.41, 5.74) is 0. The molecule has 1 rings (SSSR count). The van der Waals surface area contributed by atoms with Gasteiger partial charge >= 0.3 is 0 Å². The number of hydrogen-bond acceptors (Lipinski definition) is 2. The van der Waals surface area contributed by atoms with Crippen molar-refractivity contribution in [2.45, 2.75) is 26.2 Å². The van der Waals surface area contributed by atoms with Crippen molar-refractivity contribution in [1.29, 1.82) is 0 Å². The Hall–Kier alpha value is 0.0500. The molecule has 2 heteroatoms. The topological polar surface area (TPSA) is 0 Å². The Morgan fingerprint density at radius 2 is 1.91 bits per heavy atom. The summed E-state index contributed by atoms with van der Waals surface area (Å²) >= 11 is 6.13. The van der Waals surface area contributed by atoms with Gasteiger partial charge in [-0.3, -0.25) is 0 Å². The third-order valence-electron chi connectivity index (χ3n) is 1.57. The molecule has 0 fully saturated rings. The Kier molecular flexibility index (Phi) is 4.02. The molecule has 0 spiro atoms. The molecule has 0 aliphatic rings. The van der Waals surface area contributed by atoms with E-state index in [2.05, 4.69) is 31.7 Å². The predicted molar refractivity (Wildman–Crippen MR) is 55.9 cm³/mol. The van der Waals surface area contributed by atoms with Crippen molar-refractivity contribution in [3.05, 3.63) is 21.9 Å².